The maximum Gasteiger partial charge on any atom is 0.174 e. The van der Waals surface area contributed by atoms with Crippen LogP contribution in [-0.4, -0.2) is 29.2 Å². The van der Waals surface area contributed by atoms with Crippen LogP contribution in [0.3, 0.4) is 0 Å². The highest BCUT2D eigenvalue weighted by Gasteiger charge is 2.76. The molecule has 31 heavy (non-hydrogen) atoms. The molecule has 0 aromatic heterocycles. The highest BCUT2D eigenvalue weighted by molar-refractivity contribution is 5.28. The van der Waals surface area contributed by atoms with Crippen LogP contribution in [0, 0.1) is 46.3 Å². The molecule has 2 saturated heterocycles. The predicted octanol–water partition coefficient (Wildman–Crippen LogP) is 6.10. The van der Waals surface area contributed by atoms with Gasteiger partial charge in [-0.1, -0.05) is 46.3 Å². The fourth-order valence-corrected chi connectivity index (χ4v) is 9.78. The molecule has 0 bridgehead atoms. The Balaban J connectivity index is 1.32. The van der Waals surface area contributed by atoms with Crippen LogP contribution in [0.4, 0.5) is 0 Å². The molecule has 2 heterocycles. The molecule has 174 valence electrons. The third-order valence-corrected chi connectivity index (χ3v) is 11.9. The van der Waals surface area contributed by atoms with Gasteiger partial charge in [-0.25, -0.2) is 0 Å². The first-order valence-electron chi connectivity index (χ1n) is 13.4. The number of fused-ring (bicyclic) bond motifs is 7. The zero-order valence-electron chi connectivity index (χ0n) is 20.5. The van der Waals surface area contributed by atoms with Gasteiger partial charge in [0, 0.05) is 17.8 Å². The van der Waals surface area contributed by atoms with Gasteiger partial charge in [-0.2, -0.15) is 0 Å². The summed E-state index contributed by atoms with van der Waals surface area (Å²) in [4.78, 5) is 0. The average Bonchev–Trinajstić information content (AvgIpc) is 3.09. The van der Waals surface area contributed by atoms with Crippen LogP contribution >= 0.6 is 0 Å². The van der Waals surface area contributed by atoms with Gasteiger partial charge in [0.1, 0.15) is 5.60 Å². The largest absolute Gasteiger partial charge is 0.386 e. The fourth-order valence-electron chi connectivity index (χ4n) is 9.78. The molecule has 0 radical (unpaired) electrons. The van der Waals surface area contributed by atoms with Crippen molar-refractivity contribution >= 4 is 0 Å². The number of aliphatic hydroxyl groups is 1. The van der Waals surface area contributed by atoms with Crippen LogP contribution in [0.5, 0.6) is 0 Å². The smallest absolute Gasteiger partial charge is 0.174 e. The maximum absolute atomic E-state index is 12.4. The lowest BCUT2D eigenvalue weighted by Crippen LogP contribution is -2.59. The molecule has 6 aliphatic rings. The van der Waals surface area contributed by atoms with Gasteiger partial charge in [0.25, 0.3) is 0 Å². The molecule has 1 N–H and O–H groups in total. The van der Waals surface area contributed by atoms with E-state index in [2.05, 4.69) is 40.7 Å². The SMILES string of the molecule is CC1CCC2(OC1)OC1CC3C4CC=C5CC(C)CC[C@]5(C)C4CC[C@]3(C)C1(O)[C@@H]2C. The summed E-state index contributed by atoms with van der Waals surface area (Å²) in [6, 6.07) is 0. The molecule has 3 heteroatoms. The normalized spacial score (nSPS) is 60.7. The molecule has 5 fully saturated rings. The molecular weight excluding hydrogens is 384 g/mol. The van der Waals surface area contributed by atoms with Crippen molar-refractivity contribution in [2.75, 3.05) is 6.61 Å². The fraction of sp³-hybridized carbons (Fsp3) is 0.929. The van der Waals surface area contributed by atoms with Gasteiger partial charge < -0.3 is 14.6 Å². The second-order valence-electron chi connectivity index (χ2n) is 13.2. The zero-order valence-corrected chi connectivity index (χ0v) is 20.5. The molecular formula is C28H44O3. The molecule has 11 atom stereocenters. The van der Waals surface area contributed by atoms with Crippen LogP contribution in [0.15, 0.2) is 11.6 Å². The first-order chi connectivity index (χ1) is 14.6. The van der Waals surface area contributed by atoms with E-state index in [-0.39, 0.29) is 17.4 Å². The Morgan fingerprint density at radius 3 is 2.48 bits per heavy atom. The standard InChI is InChI=1S/C28H44O3/c1-17-8-11-25(4)20(14-17)6-7-21-22(25)10-12-26(5)23(21)15-24-28(26,29)19(3)27(31-24)13-9-18(2)16-30-27/h6,17-19,21-24,29H,7-16H2,1-5H3/t17?,18?,19-,21?,22?,23?,24?,25+,26+,27?,28?/m1/s1. The van der Waals surface area contributed by atoms with Gasteiger partial charge in [0.2, 0.25) is 0 Å². The third kappa shape index (κ3) is 2.52. The molecule has 4 aliphatic carbocycles. The minimum Gasteiger partial charge on any atom is -0.386 e. The van der Waals surface area contributed by atoms with Crippen molar-refractivity contribution in [3.8, 4) is 0 Å². The van der Waals surface area contributed by atoms with Crippen LogP contribution in [0.1, 0.15) is 92.4 Å². The molecule has 3 saturated carbocycles. The van der Waals surface area contributed by atoms with Crippen LogP contribution in [-0.2, 0) is 9.47 Å². The minimum absolute atomic E-state index is 0.0462. The van der Waals surface area contributed by atoms with Crippen molar-refractivity contribution in [2.24, 2.45) is 46.3 Å². The second-order valence-corrected chi connectivity index (χ2v) is 13.2. The summed E-state index contributed by atoms with van der Waals surface area (Å²) in [5, 5.41) is 12.4. The van der Waals surface area contributed by atoms with Gasteiger partial charge in [0.05, 0.1) is 12.7 Å². The molecule has 8 unspecified atom stereocenters. The lowest BCUT2D eigenvalue weighted by molar-refractivity contribution is -0.274. The number of allylic oxidation sites excluding steroid dienone is 2. The van der Waals surface area contributed by atoms with Gasteiger partial charge in [-0.3, -0.25) is 0 Å². The topological polar surface area (TPSA) is 38.7 Å². The van der Waals surface area contributed by atoms with Gasteiger partial charge in [0.15, 0.2) is 5.79 Å². The summed E-state index contributed by atoms with van der Waals surface area (Å²) >= 11 is 0. The number of hydrogen-bond donors (Lipinski definition) is 1. The lowest BCUT2D eigenvalue weighted by atomic mass is 9.46. The molecule has 0 amide bonds. The van der Waals surface area contributed by atoms with Crippen molar-refractivity contribution in [3.63, 3.8) is 0 Å². The quantitative estimate of drug-likeness (QED) is 0.474. The third-order valence-electron chi connectivity index (χ3n) is 11.9. The van der Waals surface area contributed by atoms with Crippen LogP contribution < -0.4 is 0 Å². The van der Waals surface area contributed by atoms with E-state index in [0.29, 0.717) is 23.2 Å². The highest BCUT2D eigenvalue weighted by atomic mass is 16.7. The predicted molar refractivity (Wildman–Crippen MR) is 122 cm³/mol. The lowest BCUT2D eigenvalue weighted by Gasteiger charge is -2.59. The number of hydrogen-bond acceptors (Lipinski definition) is 3. The first kappa shape index (κ1) is 21.2. The maximum atomic E-state index is 12.4. The average molecular weight is 429 g/mol. The summed E-state index contributed by atoms with van der Waals surface area (Å²) in [6.45, 7) is 12.7. The summed E-state index contributed by atoms with van der Waals surface area (Å²) in [5.41, 5.74) is 1.35. The van der Waals surface area contributed by atoms with E-state index in [4.69, 9.17) is 9.47 Å². The van der Waals surface area contributed by atoms with E-state index in [1.165, 1.54) is 32.1 Å². The summed E-state index contributed by atoms with van der Waals surface area (Å²) in [6.07, 6.45) is 13.4. The first-order valence-corrected chi connectivity index (χ1v) is 13.4. The molecule has 0 aromatic carbocycles. The van der Waals surface area contributed by atoms with Gasteiger partial charge >= 0.3 is 0 Å². The second kappa shape index (κ2) is 6.60. The van der Waals surface area contributed by atoms with E-state index in [1.54, 1.807) is 5.57 Å². The van der Waals surface area contributed by atoms with Gasteiger partial charge in [-0.05, 0) is 86.4 Å². The van der Waals surface area contributed by atoms with Crippen molar-refractivity contribution in [1.29, 1.82) is 0 Å². The summed E-state index contributed by atoms with van der Waals surface area (Å²) in [5.74, 6) is 2.99. The Kier molecular flexibility index (Phi) is 4.51. The van der Waals surface area contributed by atoms with Crippen molar-refractivity contribution < 1.29 is 14.6 Å². The van der Waals surface area contributed by atoms with Crippen molar-refractivity contribution in [1.82, 2.24) is 0 Å². The van der Waals surface area contributed by atoms with E-state index in [9.17, 15) is 5.11 Å². The molecule has 3 nitrogen and oxygen atoms in total. The summed E-state index contributed by atoms with van der Waals surface area (Å²) in [7, 11) is 0. The minimum atomic E-state index is -0.755. The Hall–Kier alpha value is -0.380. The molecule has 0 aromatic rings. The van der Waals surface area contributed by atoms with Crippen LogP contribution in [0.2, 0.25) is 0 Å². The Labute approximate surface area is 189 Å². The Morgan fingerprint density at radius 1 is 0.968 bits per heavy atom. The van der Waals surface area contributed by atoms with Gasteiger partial charge in [-0.15, -0.1) is 0 Å². The number of rotatable bonds is 0. The van der Waals surface area contributed by atoms with Crippen molar-refractivity contribution in [3.05, 3.63) is 11.6 Å². The zero-order chi connectivity index (χ0) is 21.8. The van der Waals surface area contributed by atoms with E-state index >= 15 is 0 Å². The molecule has 1 spiro atoms. The monoisotopic (exact) mass is 428 g/mol. The van der Waals surface area contributed by atoms with Crippen molar-refractivity contribution in [2.45, 2.75) is 110 Å². The van der Waals surface area contributed by atoms with E-state index in [0.717, 1.165) is 44.1 Å². The number of ether oxygens (including phenoxy) is 2. The Bertz CT molecular complexity index is 781. The summed E-state index contributed by atoms with van der Waals surface area (Å²) < 4.78 is 13.2. The van der Waals surface area contributed by atoms with Crippen LogP contribution in [0.25, 0.3) is 0 Å². The molecule has 6 rings (SSSR count). The molecule has 2 aliphatic heterocycles. The van der Waals surface area contributed by atoms with E-state index in [1.807, 2.05) is 0 Å². The van der Waals surface area contributed by atoms with E-state index < -0.39 is 11.4 Å². The Morgan fingerprint density at radius 2 is 1.74 bits per heavy atom. The highest BCUT2D eigenvalue weighted by Crippen LogP contribution is 2.72.